The first-order valence-corrected chi connectivity index (χ1v) is 24.1. The van der Waals surface area contributed by atoms with Crippen LogP contribution in [0.4, 0.5) is 0 Å². The molecule has 10 heteroatoms. The van der Waals surface area contributed by atoms with Crippen molar-refractivity contribution in [2.24, 2.45) is 0 Å². The van der Waals surface area contributed by atoms with Crippen molar-refractivity contribution in [3.05, 3.63) is 25.3 Å². The summed E-state index contributed by atoms with van der Waals surface area (Å²) in [6, 6.07) is 0. The van der Waals surface area contributed by atoms with Crippen LogP contribution in [0.3, 0.4) is 0 Å². The number of likely N-dealkylation sites (tertiary alicyclic amines) is 4. The van der Waals surface area contributed by atoms with E-state index in [0.717, 1.165) is 105 Å². The van der Waals surface area contributed by atoms with Crippen molar-refractivity contribution in [2.75, 3.05) is 133 Å². The van der Waals surface area contributed by atoms with Gasteiger partial charge in [0.1, 0.15) is 65.4 Å². The van der Waals surface area contributed by atoms with E-state index in [1.165, 1.54) is 133 Å². The summed E-state index contributed by atoms with van der Waals surface area (Å²) in [4.78, 5) is 0. The van der Waals surface area contributed by atoms with Crippen molar-refractivity contribution in [2.45, 2.75) is 154 Å². The van der Waals surface area contributed by atoms with E-state index in [9.17, 15) is 15.3 Å². The van der Waals surface area contributed by atoms with Crippen molar-refractivity contribution in [3.8, 4) is 0 Å². The Morgan fingerprint density at radius 3 is 1.09 bits per heavy atom. The van der Waals surface area contributed by atoms with Crippen LogP contribution in [0, 0.1) is 0 Å². The van der Waals surface area contributed by atoms with Crippen LogP contribution in [-0.4, -0.2) is 195 Å². The number of nitrogens with zero attached hydrogens (tertiary/aromatic N) is 4. The molecule has 4 heterocycles. The smallest absolute Gasteiger partial charge is 0.152 e. The van der Waals surface area contributed by atoms with Crippen molar-refractivity contribution in [3.63, 3.8) is 0 Å². The second-order valence-corrected chi connectivity index (χ2v) is 19.2. The maximum absolute atomic E-state index is 9.49. The molecule has 0 atom stereocenters. The fourth-order valence-corrected chi connectivity index (χ4v) is 9.80. The number of hydrogen-bond donors (Lipinski definition) is 4. The molecule has 4 aliphatic rings. The molecule has 4 rings (SSSR count). The summed E-state index contributed by atoms with van der Waals surface area (Å²) in [5.74, 6) is 0. The van der Waals surface area contributed by atoms with E-state index in [0.29, 0.717) is 0 Å². The predicted molar refractivity (Wildman–Crippen MR) is 244 cm³/mol. The summed E-state index contributed by atoms with van der Waals surface area (Å²) < 4.78 is 14.3. The van der Waals surface area contributed by atoms with Gasteiger partial charge >= 0.3 is 0 Å². The summed E-state index contributed by atoms with van der Waals surface area (Å²) in [6.07, 6.45) is 27.2. The molecule has 4 fully saturated rings. The Balaban J connectivity index is 0.000000392. The standard InChI is InChI=1S/2C15H32NO.C9H20NO3.C9H16NO/c1-3-4-5-6-7-8-9-10-11-12-16(2)13-15(17)14-16;1-3-5-6-7-8-9-10-12-16(11-4-2)13-15(17)14-16;1-12-5-3-10(4-6-13-2)7-9(11)8-10;1-3-5-10(6-4-2)7-9(11)8-10/h2*15,17H,3-14H2,1-2H3;9,11H,3-8H2,1-2H3;3-4,9,11H,1-2,5-8H2/q4*+1. The molecule has 4 N–H and O–H groups in total. The average Bonchev–Trinajstić information content (AvgIpc) is 3.14. The van der Waals surface area contributed by atoms with Gasteiger partial charge < -0.3 is 47.8 Å². The first-order chi connectivity index (χ1) is 27.8. The van der Waals surface area contributed by atoms with Gasteiger partial charge in [0, 0.05) is 14.2 Å². The normalized spacial score (nSPS) is 25.5. The molecule has 4 saturated heterocycles. The molecular weight excluding hydrogens is 729 g/mol. The summed E-state index contributed by atoms with van der Waals surface area (Å²) in [6.45, 7) is 30.9. The Bertz CT molecular complexity index is 965. The van der Waals surface area contributed by atoms with Gasteiger partial charge in [0.2, 0.25) is 0 Å². The number of methoxy groups -OCH3 is 2. The molecule has 0 aromatic heterocycles. The second-order valence-electron chi connectivity index (χ2n) is 19.2. The molecule has 0 amide bonds. The van der Waals surface area contributed by atoms with Crippen LogP contribution in [0.25, 0.3) is 0 Å². The van der Waals surface area contributed by atoms with Crippen molar-refractivity contribution in [1.82, 2.24) is 0 Å². The van der Waals surface area contributed by atoms with Crippen LogP contribution in [-0.2, 0) is 9.47 Å². The topological polar surface area (TPSA) is 99.4 Å². The number of rotatable bonds is 30. The van der Waals surface area contributed by atoms with Gasteiger partial charge in [-0.05, 0) is 44.3 Å². The number of quaternary nitrogens is 4. The maximum Gasteiger partial charge on any atom is 0.152 e. The van der Waals surface area contributed by atoms with Crippen LogP contribution in [0.5, 0.6) is 0 Å². The Labute approximate surface area is 359 Å². The number of aliphatic hydroxyl groups is 4. The van der Waals surface area contributed by atoms with E-state index in [2.05, 4.69) is 41.0 Å². The van der Waals surface area contributed by atoms with Crippen LogP contribution in [0.2, 0.25) is 0 Å². The highest BCUT2D eigenvalue weighted by Gasteiger charge is 2.43. The minimum Gasteiger partial charge on any atom is -0.382 e. The zero-order chi connectivity index (χ0) is 43.2. The number of hydrogen-bond acceptors (Lipinski definition) is 6. The lowest BCUT2D eigenvalue weighted by Gasteiger charge is -2.48. The predicted octanol–water partition coefficient (Wildman–Crippen LogP) is 6.70. The third-order valence-electron chi connectivity index (χ3n) is 13.2. The van der Waals surface area contributed by atoms with Crippen molar-refractivity contribution < 1.29 is 47.8 Å². The van der Waals surface area contributed by atoms with Gasteiger partial charge in [0.25, 0.3) is 0 Å². The molecule has 4 aliphatic heterocycles. The highest BCUT2D eigenvalue weighted by atomic mass is 16.5. The van der Waals surface area contributed by atoms with E-state index < -0.39 is 0 Å². The molecule has 344 valence electrons. The van der Waals surface area contributed by atoms with E-state index in [-0.39, 0.29) is 24.4 Å². The molecular formula is C48H100N4O6+4. The van der Waals surface area contributed by atoms with Crippen LogP contribution in [0.15, 0.2) is 25.3 Å². The SMILES string of the molecule is C=CC[N+]1(CC=C)CC(O)C1.CCCCCCCCCCC[N+]1(C)CC(O)C1.CCCCCCCCC[N+]1(CCC)CC(O)C1.COCC[N+]1(CCOC)CC(O)C1. The van der Waals surface area contributed by atoms with E-state index in [4.69, 9.17) is 14.6 Å². The third kappa shape index (κ3) is 23.3. The first-order valence-electron chi connectivity index (χ1n) is 24.1. The summed E-state index contributed by atoms with van der Waals surface area (Å²) >= 11 is 0. The molecule has 0 spiro atoms. The van der Waals surface area contributed by atoms with Crippen LogP contribution < -0.4 is 0 Å². The van der Waals surface area contributed by atoms with Crippen molar-refractivity contribution in [1.29, 1.82) is 0 Å². The van der Waals surface area contributed by atoms with Crippen molar-refractivity contribution >= 4 is 0 Å². The highest BCUT2D eigenvalue weighted by molar-refractivity contribution is 4.79. The molecule has 0 aliphatic carbocycles. The summed E-state index contributed by atoms with van der Waals surface area (Å²) in [7, 11) is 5.70. The summed E-state index contributed by atoms with van der Waals surface area (Å²) in [5, 5.41) is 37.2. The Kier molecular flexibility index (Phi) is 30.3. The Morgan fingerprint density at radius 2 is 0.759 bits per heavy atom. The Morgan fingerprint density at radius 1 is 0.431 bits per heavy atom. The number of ether oxygens (including phenoxy) is 2. The Hall–Kier alpha value is -0.920. The van der Waals surface area contributed by atoms with Gasteiger partial charge in [-0.15, -0.1) is 0 Å². The van der Waals surface area contributed by atoms with Gasteiger partial charge in [-0.25, -0.2) is 0 Å². The van der Waals surface area contributed by atoms with E-state index in [1.54, 1.807) is 14.2 Å². The van der Waals surface area contributed by atoms with Gasteiger partial charge in [-0.3, -0.25) is 0 Å². The fourth-order valence-electron chi connectivity index (χ4n) is 9.80. The zero-order valence-electron chi connectivity index (χ0n) is 39.3. The molecule has 0 saturated carbocycles. The zero-order valence-corrected chi connectivity index (χ0v) is 39.3. The quantitative estimate of drug-likeness (QED) is 0.0366. The largest absolute Gasteiger partial charge is 0.382 e. The van der Waals surface area contributed by atoms with Gasteiger partial charge in [-0.2, -0.15) is 0 Å². The molecule has 0 unspecified atom stereocenters. The highest BCUT2D eigenvalue weighted by Crippen LogP contribution is 2.24. The van der Waals surface area contributed by atoms with Crippen LogP contribution in [0.1, 0.15) is 130 Å². The second kappa shape index (κ2) is 31.9. The van der Waals surface area contributed by atoms with Gasteiger partial charge in [0.15, 0.2) is 24.4 Å². The molecule has 0 aromatic carbocycles. The number of unbranched alkanes of at least 4 members (excludes halogenated alkanes) is 14. The van der Waals surface area contributed by atoms with E-state index >= 15 is 0 Å². The lowest BCUT2D eigenvalue weighted by molar-refractivity contribution is -0.972. The molecule has 10 nitrogen and oxygen atoms in total. The third-order valence-corrected chi connectivity index (χ3v) is 13.2. The lowest BCUT2D eigenvalue weighted by atomic mass is 10.0. The fraction of sp³-hybridized carbons (Fsp3) is 0.917. The molecule has 0 bridgehead atoms. The molecule has 0 aromatic rings. The first kappa shape index (κ1) is 55.1. The van der Waals surface area contributed by atoms with E-state index in [1.807, 2.05) is 12.2 Å². The molecule has 0 radical (unpaired) electrons. The molecule has 58 heavy (non-hydrogen) atoms. The van der Waals surface area contributed by atoms with Gasteiger partial charge in [-0.1, -0.05) is 111 Å². The number of likely N-dealkylation sites (N-methyl/N-ethyl adjacent to an activating group) is 1. The summed E-state index contributed by atoms with van der Waals surface area (Å²) in [5.41, 5.74) is 0. The van der Waals surface area contributed by atoms with Gasteiger partial charge in [0.05, 0.1) is 53.0 Å². The van der Waals surface area contributed by atoms with Crippen LogP contribution >= 0.6 is 0 Å². The minimum atomic E-state index is -0.117. The number of aliphatic hydroxyl groups excluding tert-OH is 4. The average molecular weight is 829 g/mol. The lowest BCUT2D eigenvalue weighted by Crippen LogP contribution is -2.68. The monoisotopic (exact) mass is 829 g/mol. The minimum absolute atomic E-state index is 0.00824. The maximum atomic E-state index is 9.49.